The Bertz CT molecular complexity index is 566. The summed E-state index contributed by atoms with van der Waals surface area (Å²) in [5.41, 5.74) is 6.91. The maximum absolute atomic E-state index is 3.64. The number of hydrogen-bond acceptors (Lipinski definition) is 1. The van der Waals surface area contributed by atoms with Gasteiger partial charge in [0.2, 0.25) is 0 Å². The molecule has 1 nitrogen and oxygen atoms in total. The fraction of sp³-hybridized carbons (Fsp3) is 0.400. The smallest absolute Gasteiger partial charge is 0.0148 e. The Labute approximate surface area is 129 Å². The van der Waals surface area contributed by atoms with Crippen molar-refractivity contribution in [2.75, 3.05) is 6.54 Å². The molecular formula is C20H27N. The monoisotopic (exact) mass is 281 g/mol. The molecule has 2 aromatic rings. The van der Waals surface area contributed by atoms with Crippen LogP contribution in [0.3, 0.4) is 0 Å². The van der Waals surface area contributed by atoms with E-state index in [1.165, 1.54) is 27.8 Å². The first kappa shape index (κ1) is 15.8. The van der Waals surface area contributed by atoms with Crippen molar-refractivity contribution in [3.63, 3.8) is 0 Å². The van der Waals surface area contributed by atoms with Crippen LogP contribution in [-0.2, 0) is 12.8 Å². The van der Waals surface area contributed by atoms with Gasteiger partial charge in [-0.05, 0) is 51.3 Å². The van der Waals surface area contributed by atoms with Gasteiger partial charge in [-0.15, -0.1) is 0 Å². The Morgan fingerprint density at radius 3 is 2.05 bits per heavy atom. The number of nitrogens with one attached hydrogen (secondary N) is 1. The summed E-state index contributed by atoms with van der Waals surface area (Å²) in [5, 5.41) is 3.64. The highest BCUT2D eigenvalue weighted by molar-refractivity contribution is 5.30. The lowest BCUT2D eigenvalue weighted by Gasteiger charge is -2.19. The summed E-state index contributed by atoms with van der Waals surface area (Å²) in [5.74, 6) is 0. The summed E-state index contributed by atoms with van der Waals surface area (Å²) in [7, 11) is 0. The minimum absolute atomic E-state index is 0.498. The number of benzene rings is 2. The van der Waals surface area contributed by atoms with Gasteiger partial charge in [0.25, 0.3) is 0 Å². The Morgan fingerprint density at radius 2 is 1.43 bits per heavy atom. The average Bonchev–Trinajstić information content (AvgIpc) is 2.37. The summed E-state index contributed by atoms with van der Waals surface area (Å²) in [6.07, 6.45) is 2.17. The molecule has 2 aromatic carbocycles. The molecule has 0 radical (unpaired) electrons. The van der Waals surface area contributed by atoms with Gasteiger partial charge in [0.05, 0.1) is 0 Å². The zero-order chi connectivity index (χ0) is 15.2. The molecule has 0 bridgehead atoms. The molecule has 112 valence electrons. The first-order valence-corrected chi connectivity index (χ1v) is 7.93. The van der Waals surface area contributed by atoms with Crippen LogP contribution in [0, 0.1) is 20.8 Å². The fourth-order valence-corrected chi connectivity index (χ4v) is 3.10. The molecule has 0 aliphatic heterocycles. The lowest BCUT2D eigenvalue weighted by Crippen LogP contribution is -2.33. The summed E-state index contributed by atoms with van der Waals surface area (Å²) in [6, 6.07) is 16.2. The Balaban J connectivity index is 2.11. The molecule has 0 aromatic heterocycles. The zero-order valence-electron chi connectivity index (χ0n) is 13.7. The highest BCUT2D eigenvalue weighted by Gasteiger charge is 2.10. The van der Waals surface area contributed by atoms with Gasteiger partial charge in [0.15, 0.2) is 0 Å². The van der Waals surface area contributed by atoms with Gasteiger partial charge >= 0.3 is 0 Å². The molecule has 1 unspecified atom stereocenters. The molecule has 0 saturated heterocycles. The van der Waals surface area contributed by atoms with E-state index in [2.05, 4.69) is 75.5 Å². The van der Waals surface area contributed by atoms with Crippen molar-refractivity contribution in [2.45, 2.75) is 46.6 Å². The second kappa shape index (κ2) is 7.42. The first-order valence-electron chi connectivity index (χ1n) is 7.93. The van der Waals surface area contributed by atoms with Gasteiger partial charge in [0, 0.05) is 6.04 Å². The zero-order valence-corrected chi connectivity index (χ0v) is 13.7. The van der Waals surface area contributed by atoms with Gasteiger partial charge in [-0.25, -0.2) is 0 Å². The summed E-state index contributed by atoms with van der Waals surface area (Å²) in [4.78, 5) is 0. The van der Waals surface area contributed by atoms with Crippen LogP contribution in [0.25, 0.3) is 0 Å². The second-order valence-electron chi connectivity index (χ2n) is 6.15. The highest BCUT2D eigenvalue weighted by Crippen LogP contribution is 2.14. The molecule has 0 aliphatic rings. The van der Waals surface area contributed by atoms with Gasteiger partial charge in [-0.2, -0.15) is 0 Å². The molecule has 0 aliphatic carbocycles. The van der Waals surface area contributed by atoms with Crippen LogP contribution in [-0.4, -0.2) is 12.6 Å². The first-order chi connectivity index (χ1) is 10.1. The number of rotatable bonds is 6. The molecule has 21 heavy (non-hydrogen) atoms. The third-order valence-corrected chi connectivity index (χ3v) is 3.82. The molecule has 2 rings (SSSR count). The van der Waals surface area contributed by atoms with E-state index in [0.717, 1.165) is 19.4 Å². The van der Waals surface area contributed by atoms with E-state index in [4.69, 9.17) is 0 Å². The number of likely N-dealkylation sites (N-methyl/N-ethyl adjacent to an activating group) is 1. The molecule has 1 heteroatoms. The third-order valence-electron chi connectivity index (χ3n) is 3.82. The maximum Gasteiger partial charge on any atom is 0.0148 e. The van der Waals surface area contributed by atoms with Gasteiger partial charge in [-0.1, -0.05) is 66.1 Å². The van der Waals surface area contributed by atoms with Crippen molar-refractivity contribution in [1.29, 1.82) is 0 Å². The minimum Gasteiger partial charge on any atom is -0.314 e. The van der Waals surface area contributed by atoms with Crippen molar-refractivity contribution in [3.8, 4) is 0 Å². The Hall–Kier alpha value is -1.60. The van der Waals surface area contributed by atoms with Gasteiger partial charge in [0.1, 0.15) is 0 Å². The van der Waals surface area contributed by atoms with E-state index in [9.17, 15) is 0 Å². The van der Waals surface area contributed by atoms with Crippen LogP contribution >= 0.6 is 0 Å². The molecular weight excluding hydrogens is 254 g/mol. The van der Waals surface area contributed by atoms with Crippen LogP contribution in [0.15, 0.2) is 42.5 Å². The van der Waals surface area contributed by atoms with E-state index >= 15 is 0 Å². The third kappa shape index (κ3) is 5.02. The normalized spacial score (nSPS) is 12.4. The van der Waals surface area contributed by atoms with Crippen LogP contribution in [0.4, 0.5) is 0 Å². The molecule has 0 fully saturated rings. The van der Waals surface area contributed by atoms with Crippen LogP contribution in [0.2, 0.25) is 0 Å². The standard InChI is InChI=1S/C20H27N/c1-5-21-20(13-18-8-6-7-15(2)10-18)14-19-11-16(3)9-17(4)12-19/h6-12,20-21H,5,13-14H2,1-4H3. The topological polar surface area (TPSA) is 12.0 Å². The van der Waals surface area contributed by atoms with Crippen LogP contribution in [0.1, 0.15) is 34.7 Å². The molecule has 0 saturated carbocycles. The highest BCUT2D eigenvalue weighted by atomic mass is 14.9. The largest absolute Gasteiger partial charge is 0.314 e. The van der Waals surface area contributed by atoms with Crippen molar-refractivity contribution < 1.29 is 0 Å². The second-order valence-corrected chi connectivity index (χ2v) is 6.15. The minimum atomic E-state index is 0.498. The SMILES string of the molecule is CCNC(Cc1cccc(C)c1)Cc1cc(C)cc(C)c1. The van der Waals surface area contributed by atoms with E-state index in [0.29, 0.717) is 6.04 Å². The maximum atomic E-state index is 3.64. The molecule has 0 amide bonds. The van der Waals surface area contributed by atoms with Crippen molar-refractivity contribution in [3.05, 3.63) is 70.3 Å². The Kier molecular flexibility index (Phi) is 5.58. The Morgan fingerprint density at radius 1 is 0.810 bits per heavy atom. The average molecular weight is 281 g/mol. The van der Waals surface area contributed by atoms with Crippen LogP contribution in [0.5, 0.6) is 0 Å². The summed E-state index contributed by atoms with van der Waals surface area (Å²) < 4.78 is 0. The fourth-order valence-electron chi connectivity index (χ4n) is 3.10. The lowest BCUT2D eigenvalue weighted by molar-refractivity contribution is 0.521. The summed E-state index contributed by atoms with van der Waals surface area (Å²) >= 11 is 0. The van der Waals surface area contributed by atoms with Gasteiger partial charge < -0.3 is 5.32 Å². The van der Waals surface area contributed by atoms with Crippen molar-refractivity contribution in [2.24, 2.45) is 0 Å². The number of aryl methyl sites for hydroxylation is 3. The van der Waals surface area contributed by atoms with E-state index in [-0.39, 0.29) is 0 Å². The van der Waals surface area contributed by atoms with Gasteiger partial charge in [-0.3, -0.25) is 0 Å². The quantitative estimate of drug-likeness (QED) is 0.829. The van der Waals surface area contributed by atoms with Crippen molar-refractivity contribution >= 4 is 0 Å². The predicted octanol–water partition coefficient (Wildman–Crippen LogP) is 4.38. The lowest BCUT2D eigenvalue weighted by atomic mass is 9.96. The van der Waals surface area contributed by atoms with E-state index in [1.807, 2.05) is 0 Å². The van der Waals surface area contributed by atoms with E-state index < -0.39 is 0 Å². The number of hydrogen-bond donors (Lipinski definition) is 1. The molecule has 1 atom stereocenters. The predicted molar refractivity (Wildman–Crippen MR) is 92.0 cm³/mol. The summed E-state index contributed by atoms with van der Waals surface area (Å²) in [6.45, 7) is 9.72. The molecule has 0 spiro atoms. The van der Waals surface area contributed by atoms with E-state index in [1.54, 1.807) is 0 Å². The van der Waals surface area contributed by atoms with Crippen LogP contribution < -0.4 is 5.32 Å². The van der Waals surface area contributed by atoms with Crippen molar-refractivity contribution in [1.82, 2.24) is 5.32 Å². The molecule has 1 N–H and O–H groups in total. The molecule has 0 heterocycles.